The zero-order chi connectivity index (χ0) is 19.7. The van der Waals surface area contributed by atoms with Crippen LogP contribution < -0.4 is 9.46 Å². The first-order valence-corrected chi connectivity index (χ1v) is 10.8. The van der Waals surface area contributed by atoms with Gasteiger partial charge in [0.2, 0.25) is 10.0 Å². The standard InChI is InChI=1S/C21H27NO4S/c1-4-26-20-15(2)12-19(13-16(20)3)27(24,25)22-14-21(23,18-10-11-18)17-8-6-5-7-9-17/h5-9,12-13,18,22-23H,4,10-11,14H2,1-3H3/t21-/m1/s1. The molecule has 0 bridgehead atoms. The molecule has 0 aromatic heterocycles. The fraction of sp³-hybridized carbons (Fsp3) is 0.429. The predicted octanol–water partition coefficient (Wildman–Crippen LogP) is 3.28. The average molecular weight is 390 g/mol. The van der Waals surface area contributed by atoms with Gasteiger partial charge in [-0.1, -0.05) is 30.3 Å². The van der Waals surface area contributed by atoms with Crippen molar-refractivity contribution in [2.24, 2.45) is 5.92 Å². The topological polar surface area (TPSA) is 75.6 Å². The lowest BCUT2D eigenvalue weighted by atomic mass is 9.89. The Hall–Kier alpha value is -1.89. The largest absolute Gasteiger partial charge is 0.493 e. The summed E-state index contributed by atoms with van der Waals surface area (Å²) in [6, 6.07) is 12.5. The number of hydrogen-bond acceptors (Lipinski definition) is 4. The van der Waals surface area contributed by atoms with Gasteiger partial charge in [0, 0.05) is 6.54 Å². The molecular formula is C21H27NO4S. The van der Waals surface area contributed by atoms with E-state index in [0.29, 0.717) is 6.61 Å². The van der Waals surface area contributed by atoms with E-state index >= 15 is 0 Å². The zero-order valence-corrected chi connectivity index (χ0v) is 16.8. The fourth-order valence-electron chi connectivity index (χ4n) is 3.50. The Balaban J connectivity index is 1.84. The van der Waals surface area contributed by atoms with Crippen molar-refractivity contribution >= 4 is 10.0 Å². The molecule has 1 fully saturated rings. The van der Waals surface area contributed by atoms with Crippen molar-refractivity contribution in [2.75, 3.05) is 13.2 Å². The zero-order valence-electron chi connectivity index (χ0n) is 16.0. The molecule has 146 valence electrons. The summed E-state index contributed by atoms with van der Waals surface area (Å²) in [7, 11) is -3.75. The van der Waals surface area contributed by atoms with Gasteiger partial charge in [0.15, 0.2) is 0 Å². The quantitative estimate of drug-likeness (QED) is 0.726. The van der Waals surface area contributed by atoms with E-state index in [4.69, 9.17) is 4.74 Å². The summed E-state index contributed by atoms with van der Waals surface area (Å²) >= 11 is 0. The maximum absolute atomic E-state index is 12.9. The molecule has 2 aromatic carbocycles. The van der Waals surface area contributed by atoms with E-state index in [1.165, 1.54) is 0 Å². The smallest absolute Gasteiger partial charge is 0.240 e. The van der Waals surface area contributed by atoms with Gasteiger partial charge in [-0.2, -0.15) is 0 Å². The Morgan fingerprint density at radius 1 is 1.15 bits per heavy atom. The number of benzene rings is 2. The van der Waals surface area contributed by atoms with Crippen LogP contribution in [-0.4, -0.2) is 26.7 Å². The van der Waals surface area contributed by atoms with E-state index in [9.17, 15) is 13.5 Å². The van der Waals surface area contributed by atoms with Crippen LogP contribution in [-0.2, 0) is 15.6 Å². The number of hydrogen-bond donors (Lipinski definition) is 2. The van der Waals surface area contributed by atoms with Gasteiger partial charge < -0.3 is 9.84 Å². The van der Waals surface area contributed by atoms with Crippen LogP contribution in [0, 0.1) is 19.8 Å². The lowest BCUT2D eigenvalue weighted by molar-refractivity contribution is 0.0185. The first-order valence-electron chi connectivity index (χ1n) is 9.29. The molecule has 0 heterocycles. The maximum Gasteiger partial charge on any atom is 0.240 e. The monoisotopic (exact) mass is 389 g/mol. The Kier molecular flexibility index (Phi) is 5.60. The number of sulfonamides is 1. The predicted molar refractivity (Wildman–Crippen MR) is 105 cm³/mol. The highest BCUT2D eigenvalue weighted by molar-refractivity contribution is 7.89. The Morgan fingerprint density at radius 2 is 1.74 bits per heavy atom. The Labute approximate surface area is 161 Å². The van der Waals surface area contributed by atoms with Crippen LogP contribution >= 0.6 is 0 Å². The van der Waals surface area contributed by atoms with Crippen molar-refractivity contribution in [2.45, 2.75) is 44.1 Å². The molecule has 1 saturated carbocycles. The van der Waals surface area contributed by atoms with Gasteiger partial charge in [-0.05, 0) is 68.4 Å². The van der Waals surface area contributed by atoms with Gasteiger partial charge >= 0.3 is 0 Å². The molecule has 0 radical (unpaired) electrons. The summed E-state index contributed by atoms with van der Waals surface area (Å²) in [5.41, 5.74) is 1.11. The molecular weight excluding hydrogens is 362 g/mol. The van der Waals surface area contributed by atoms with E-state index in [-0.39, 0.29) is 17.4 Å². The summed E-state index contributed by atoms with van der Waals surface area (Å²) < 4.78 is 33.9. The van der Waals surface area contributed by atoms with Gasteiger partial charge in [0.1, 0.15) is 11.4 Å². The summed E-state index contributed by atoms with van der Waals surface area (Å²) in [4.78, 5) is 0.187. The van der Waals surface area contributed by atoms with E-state index in [0.717, 1.165) is 35.3 Å². The molecule has 0 unspecified atom stereocenters. The van der Waals surface area contributed by atoms with Gasteiger partial charge in [-0.3, -0.25) is 0 Å². The number of aliphatic hydroxyl groups is 1. The highest BCUT2D eigenvalue weighted by Gasteiger charge is 2.45. The molecule has 0 aliphatic heterocycles. The molecule has 0 amide bonds. The molecule has 5 nitrogen and oxygen atoms in total. The van der Waals surface area contributed by atoms with E-state index in [1.807, 2.05) is 51.1 Å². The number of nitrogens with one attached hydrogen (secondary N) is 1. The molecule has 27 heavy (non-hydrogen) atoms. The molecule has 1 atom stereocenters. The number of ether oxygens (including phenoxy) is 1. The summed E-state index contributed by atoms with van der Waals surface area (Å²) in [5.74, 6) is 0.793. The van der Waals surface area contributed by atoms with Gasteiger partial charge in [0.05, 0.1) is 11.5 Å². The minimum atomic E-state index is -3.75. The van der Waals surface area contributed by atoms with Gasteiger partial charge in [-0.15, -0.1) is 0 Å². The van der Waals surface area contributed by atoms with Gasteiger partial charge in [0.25, 0.3) is 0 Å². The van der Waals surface area contributed by atoms with Crippen molar-refractivity contribution in [1.82, 2.24) is 4.72 Å². The molecule has 1 aliphatic rings. The van der Waals surface area contributed by atoms with Crippen LogP contribution in [0.15, 0.2) is 47.4 Å². The minimum Gasteiger partial charge on any atom is -0.493 e. The third kappa shape index (κ3) is 4.18. The third-order valence-corrected chi connectivity index (χ3v) is 6.47. The van der Waals surface area contributed by atoms with Crippen LogP contribution in [0.2, 0.25) is 0 Å². The van der Waals surface area contributed by atoms with E-state index in [1.54, 1.807) is 12.1 Å². The molecule has 0 saturated heterocycles. The van der Waals surface area contributed by atoms with Crippen molar-refractivity contribution in [3.63, 3.8) is 0 Å². The molecule has 6 heteroatoms. The van der Waals surface area contributed by atoms with E-state index < -0.39 is 15.6 Å². The van der Waals surface area contributed by atoms with Crippen LogP contribution in [0.1, 0.15) is 36.5 Å². The highest BCUT2D eigenvalue weighted by atomic mass is 32.2. The van der Waals surface area contributed by atoms with Crippen molar-refractivity contribution in [1.29, 1.82) is 0 Å². The first-order chi connectivity index (χ1) is 12.8. The second-order valence-corrected chi connectivity index (χ2v) is 8.98. The second kappa shape index (κ2) is 7.62. The molecule has 2 aromatic rings. The molecule has 1 aliphatic carbocycles. The number of aryl methyl sites for hydroxylation is 2. The van der Waals surface area contributed by atoms with Crippen molar-refractivity contribution < 1.29 is 18.3 Å². The minimum absolute atomic E-state index is 0.0463. The van der Waals surface area contributed by atoms with Crippen molar-refractivity contribution in [3.8, 4) is 5.75 Å². The Morgan fingerprint density at radius 3 is 2.26 bits per heavy atom. The average Bonchev–Trinajstić information content (AvgIpc) is 3.49. The second-order valence-electron chi connectivity index (χ2n) is 7.21. The van der Waals surface area contributed by atoms with Crippen LogP contribution in [0.5, 0.6) is 5.75 Å². The maximum atomic E-state index is 12.9. The highest BCUT2D eigenvalue weighted by Crippen LogP contribution is 2.45. The third-order valence-electron chi connectivity index (χ3n) is 5.09. The normalized spacial score (nSPS) is 16.7. The van der Waals surface area contributed by atoms with Crippen LogP contribution in [0.4, 0.5) is 0 Å². The van der Waals surface area contributed by atoms with Crippen molar-refractivity contribution in [3.05, 3.63) is 59.2 Å². The molecule has 3 rings (SSSR count). The van der Waals surface area contributed by atoms with E-state index in [2.05, 4.69) is 4.72 Å². The summed E-state index contributed by atoms with van der Waals surface area (Å²) in [6.07, 6.45) is 1.79. The number of rotatable bonds is 8. The summed E-state index contributed by atoms with van der Waals surface area (Å²) in [5, 5.41) is 11.2. The first kappa shape index (κ1) is 19.9. The molecule has 0 spiro atoms. The summed E-state index contributed by atoms with van der Waals surface area (Å²) in [6.45, 7) is 6.04. The Bertz CT molecular complexity index is 884. The van der Waals surface area contributed by atoms with Gasteiger partial charge in [-0.25, -0.2) is 13.1 Å². The SMILES string of the molecule is CCOc1c(C)cc(S(=O)(=O)NC[C@@](O)(c2ccccc2)C2CC2)cc1C. The fourth-order valence-corrected chi connectivity index (χ4v) is 4.74. The van der Waals surface area contributed by atoms with Crippen LogP contribution in [0.25, 0.3) is 0 Å². The molecule has 2 N–H and O–H groups in total. The lowest BCUT2D eigenvalue weighted by Gasteiger charge is -2.29. The van der Waals surface area contributed by atoms with Crippen LogP contribution in [0.3, 0.4) is 0 Å². The lowest BCUT2D eigenvalue weighted by Crippen LogP contribution is -2.42.